The van der Waals surface area contributed by atoms with E-state index in [2.05, 4.69) is 10.3 Å². The van der Waals surface area contributed by atoms with Gasteiger partial charge in [0.05, 0.1) is 18.2 Å². The molecule has 1 unspecified atom stereocenters. The molecule has 0 saturated carbocycles. The Kier molecular flexibility index (Phi) is 3.92. The summed E-state index contributed by atoms with van der Waals surface area (Å²) in [6, 6.07) is 5.65. The van der Waals surface area contributed by atoms with E-state index in [9.17, 15) is 9.59 Å². The molecule has 1 aliphatic heterocycles. The van der Waals surface area contributed by atoms with E-state index in [4.69, 9.17) is 0 Å². The Morgan fingerprint density at radius 1 is 1.56 bits per heavy atom. The molecule has 5 heteroatoms. The predicted molar refractivity (Wildman–Crippen MR) is 66.4 cm³/mol. The average molecular weight is 247 g/mol. The van der Waals surface area contributed by atoms with Gasteiger partial charge in [-0.2, -0.15) is 0 Å². The summed E-state index contributed by atoms with van der Waals surface area (Å²) in [6.07, 6.45) is 2.02. The summed E-state index contributed by atoms with van der Waals surface area (Å²) >= 11 is 0. The zero-order chi connectivity index (χ0) is 13.0. The SMILES string of the molecule is CCN(Cc1ccccn1)C(=O)C1CNC(=O)C1. The van der Waals surface area contributed by atoms with Gasteiger partial charge in [0.25, 0.3) is 0 Å². The largest absolute Gasteiger partial charge is 0.355 e. The molecule has 2 heterocycles. The van der Waals surface area contributed by atoms with E-state index in [0.29, 0.717) is 26.1 Å². The first kappa shape index (κ1) is 12.5. The molecule has 18 heavy (non-hydrogen) atoms. The Hall–Kier alpha value is -1.91. The fraction of sp³-hybridized carbons (Fsp3) is 0.462. The van der Waals surface area contributed by atoms with Gasteiger partial charge in [-0.05, 0) is 19.1 Å². The number of carbonyl (C=O) groups excluding carboxylic acids is 2. The summed E-state index contributed by atoms with van der Waals surface area (Å²) in [5, 5.41) is 2.69. The van der Waals surface area contributed by atoms with E-state index in [1.54, 1.807) is 11.1 Å². The molecule has 5 nitrogen and oxygen atoms in total. The summed E-state index contributed by atoms with van der Waals surface area (Å²) in [5.41, 5.74) is 0.866. The predicted octanol–water partition coefficient (Wildman–Crippen LogP) is 0.566. The molecule has 1 N–H and O–H groups in total. The lowest BCUT2D eigenvalue weighted by Gasteiger charge is -2.23. The molecule has 0 radical (unpaired) electrons. The second-order valence-electron chi connectivity index (χ2n) is 4.38. The molecule has 0 aliphatic carbocycles. The first-order valence-electron chi connectivity index (χ1n) is 6.16. The van der Waals surface area contributed by atoms with Gasteiger partial charge in [-0.25, -0.2) is 0 Å². The Labute approximate surface area is 106 Å². The lowest BCUT2D eigenvalue weighted by Crippen LogP contribution is -2.36. The minimum atomic E-state index is -0.221. The molecule has 96 valence electrons. The second kappa shape index (κ2) is 5.62. The van der Waals surface area contributed by atoms with Gasteiger partial charge >= 0.3 is 0 Å². The van der Waals surface area contributed by atoms with Crippen molar-refractivity contribution in [2.24, 2.45) is 5.92 Å². The topological polar surface area (TPSA) is 62.3 Å². The molecule has 2 rings (SSSR count). The number of pyridine rings is 1. The van der Waals surface area contributed by atoms with Crippen LogP contribution in [0.5, 0.6) is 0 Å². The highest BCUT2D eigenvalue weighted by atomic mass is 16.2. The molecule has 0 bridgehead atoms. The van der Waals surface area contributed by atoms with Gasteiger partial charge < -0.3 is 10.2 Å². The van der Waals surface area contributed by atoms with Crippen molar-refractivity contribution in [2.45, 2.75) is 19.9 Å². The van der Waals surface area contributed by atoms with Crippen LogP contribution in [0.2, 0.25) is 0 Å². The molecule has 1 atom stereocenters. The van der Waals surface area contributed by atoms with Crippen LogP contribution < -0.4 is 5.32 Å². The first-order chi connectivity index (χ1) is 8.70. The molecule has 1 aromatic heterocycles. The Morgan fingerprint density at radius 2 is 2.39 bits per heavy atom. The van der Waals surface area contributed by atoms with E-state index in [1.165, 1.54) is 0 Å². The van der Waals surface area contributed by atoms with E-state index in [1.807, 2.05) is 25.1 Å². The van der Waals surface area contributed by atoms with Gasteiger partial charge in [-0.15, -0.1) is 0 Å². The number of carbonyl (C=O) groups is 2. The summed E-state index contributed by atoms with van der Waals surface area (Å²) in [6.45, 7) is 3.52. The monoisotopic (exact) mass is 247 g/mol. The van der Waals surface area contributed by atoms with Crippen LogP contribution in [0.1, 0.15) is 19.0 Å². The van der Waals surface area contributed by atoms with Crippen molar-refractivity contribution >= 4 is 11.8 Å². The minimum absolute atomic E-state index is 0.0292. The van der Waals surface area contributed by atoms with Gasteiger partial charge in [0.2, 0.25) is 11.8 Å². The summed E-state index contributed by atoms with van der Waals surface area (Å²) < 4.78 is 0. The lowest BCUT2D eigenvalue weighted by atomic mass is 10.1. The van der Waals surface area contributed by atoms with E-state index in [0.717, 1.165) is 5.69 Å². The van der Waals surface area contributed by atoms with Crippen molar-refractivity contribution in [2.75, 3.05) is 13.1 Å². The van der Waals surface area contributed by atoms with E-state index < -0.39 is 0 Å². The highest BCUT2D eigenvalue weighted by Gasteiger charge is 2.30. The molecule has 2 amide bonds. The average Bonchev–Trinajstić information content (AvgIpc) is 2.83. The Balaban J connectivity index is 2.00. The van der Waals surface area contributed by atoms with Crippen molar-refractivity contribution in [3.8, 4) is 0 Å². The fourth-order valence-corrected chi connectivity index (χ4v) is 2.07. The maximum Gasteiger partial charge on any atom is 0.228 e. The number of amides is 2. The molecular weight excluding hydrogens is 230 g/mol. The summed E-state index contributed by atoms with van der Waals surface area (Å²) in [4.78, 5) is 29.3. The number of aromatic nitrogens is 1. The molecule has 1 fully saturated rings. The fourth-order valence-electron chi connectivity index (χ4n) is 2.07. The van der Waals surface area contributed by atoms with Gasteiger partial charge in [0.15, 0.2) is 0 Å². The molecule has 1 aromatic rings. The first-order valence-corrected chi connectivity index (χ1v) is 6.16. The van der Waals surface area contributed by atoms with Crippen LogP contribution in [0.15, 0.2) is 24.4 Å². The van der Waals surface area contributed by atoms with E-state index >= 15 is 0 Å². The van der Waals surface area contributed by atoms with E-state index in [-0.39, 0.29) is 17.7 Å². The number of nitrogens with zero attached hydrogens (tertiary/aromatic N) is 2. The normalized spacial score (nSPS) is 18.5. The standard InChI is InChI=1S/C13H17N3O2/c1-2-16(9-11-5-3-4-6-14-11)13(18)10-7-12(17)15-8-10/h3-6,10H,2,7-9H2,1H3,(H,15,17). The van der Waals surface area contributed by atoms with Crippen LogP contribution in [0.25, 0.3) is 0 Å². The van der Waals surface area contributed by atoms with Crippen molar-refractivity contribution in [3.05, 3.63) is 30.1 Å². The quantitative estimate of drug-likeness (QED) is 0.846. The van der Waals surface area contributed by atoms with Crippen LogP contribution in [0.4, 0.5) is 0 Å². The Bertz CT molecular complexity index is 433. The third-order valence-electron chi connectivity index (χ3n) is 3.10. The zero-order valence-electron chi connectivity index (χ0n) is 10.4. The smallest absolute Gasteiger partial charge is 0.228 e. The maximum absolute atomic E-state index is 12.2. The molecule has 1 aliphatic rings. The zero-order valence-corrected chi connectivity index (χ0v) is 10.4. The van der Waals surface area contributed by atoms with Crippen LogP contribution in [0.3, 0.4) is 0 Å². The van der Waals surface area contributed by atoms with Crippen LogP contribution >= 0.6 is 0 Å². The van der Waals surface area contributed by atoms with Crippen LogP contribution in [-0.4, -0.2) is 34.8 Å². The molecule has 0 aromatic carbocycles. The van der Waals surface area contributed by atoms with Gasteiger partial charge in [0.1, 0.15) is 0 Å². The molecular formula is C13H17N3O2. The number of hydrogen-bond acceptors (Lipinski definition) is 3. The third-order valence-corrected chi connectivity index (χ3v) is 3.10. The second-order valence-corrected chi connectivity index (χ2v) is 4.38. The van der Waals surface area contributed by atoms with Gasteiger partial charge in [-0.1, -0.05) is 6.07 Å². The maximum atomic E-state index is 12.2. The summed E-state index contributed by atoms with van der Waals surface area (Å²) in [5.74, 6) is -0.232. The minimum Gasteiger partial charge on any atom is -0.355 e. The van der Waals surface area contributed by atoms with Gasteiger partial charge in [-0.3, -0.25) is 14.6 Å². The third kappa shape index (κ3) is 2.85. The van der Waals surface area contributed by atoms with Crippen molar-refractivity contribution < 1.29 is 9.59 Å². The van der Waals surface area contributed by atoms with Gasteiger partial charge in [0, 0.05) is 25.7 Å². The number of nitrogens with one attached hydrogen (secondary N) is 1. The summed E-state index contributed by atoms with van der Waals surface area (Å²) in [7, 11) is 0. The lowest BCUT2D eigenvalue weighted by molar-refractivity contribution is -0.136. The van der Waals surface area contributed by atoms with Crippen molar-refractivity contribution in [1.82, 2.24) is 15.2 Å². The highest BCUT2D eigenvalue weighted by molar-refractivity contribution is 5.89. The Morgan fingerprint density at radius 3 is 2.94 bits per heavy atom. The number of hydrogen-bond donors (Lipinski definition) is 1. The van der Waals surface area contributed by atoms with Crippen molar-refractivity contribution in [1.29, 1.82) is 0 Å². The van der Waals surface area contributed by atoms with Crippen LogP contribution in [-0.2, 0) is 16.1 Å². The molecule has 0 spiro atoms. The van der Waals surface area contributed by atoms with Crippen molar-refractivity contribution in [3.63, 3.8) is 0 Å². The van der Waals surface area contributed by atoms with Crippen LogP contribution in [0, 0.1) is 5.92 Å². The highest BCUT2D eigenvalue weighted by Crippen LogP contribution is 2.14. The molecule has 1 saturated heterocycles. The number of rotatable bonds is 4.